The van der Waals surface area contributed by atoms with Crippen LogP contribution < -0.4 is 5.73 Å². The summed E-state index contributed by atoms with van der Waals surface area (Å²) in [6.45, 7) is 1.75. The number of ether oxygens (including phenoxy) is 1. The number of thioether (sulfide) groups is 1. The zero-order chi connectivity index (χ0) is 21.9. The summed E-state index contributed by atoms with van der Waals surface area (Å²) in [4.78, 5) is 35.8. The minimum Gasteiger partial charge on any atom is -0.456 e. The molecule has 12 nitrogen and oxygen atoms in total. The van der Waals surface area contributed by atoms with Crippen molar-refractivity contribution in [2.75, 3.05) is 5.75 Å². The third-order valence-electron chi connectivity index (χ3n) is 3.91. The maximum absolute atomic E-state index is 12.4. The molecule has 2 aliphatic heterocycles. The number of amides is 1. The van der Waals surface area contributed by atoms with Crippen molar-refractivity contribution in [1.82, 2.24) is 4.90 Å². The number of fused-ring (bicyclic) bond motifs is 1. The lowest BCUT2D eigenvalue weighted by atomic mass is 10.0. The maximum Gasteiger partial charge on any atom is 0.394 e. The summed E-state index contributed by atoms with van der Waals surface area (Å²) in [7, 11) is -4.67. The van der Waals surface area contributed by atoms with Gasteiger partial charge in [-0.3, -0.25) is 28.9 Å². The molecule has 29 heavy (non-hydrogen) atoms. The summed E-state index contributed by atoms with van der Waals surface area (Å²) in [5.41, 5.74) is 7.37. The SMILES string of the molecule is CC1=C(C(=O)OCc2ccc([N+](=O)[O-])cc2)N2C(=O)C(N)[C@@H]2SC1.O=S(=O)(O)O. The van der Waals surface area contributed by atoms with E-state index in [-0.39, 0.29) is 29.3 Å². The van der Waals surface area contributed by atoms with Gasteiger partial charge in [0.1, 0.15) is 23.7 Å². The highest BCUT2D eigenvalue weighted by atomic mass is 32.3. The molecular formula is C15H17N3O9S2. The van der Waals surface area contributed by atoms with Crippen LogP contribution in [0.4, 0.5) is 5.69 Å². The Morgan fingerprint density at radius 1 is 1.38 bits per heavy atom. The normalized spacial score (nSPS) is 20.8. The highest BCUT2D eigenvalue weighted by molar-refractivity contribution is 8.00. The van der Waals surface area contributed by atoms with Crippen molar-refractivity contribution in [3.63, 3.8) is 0 Å². The van der Waals surface area contributed by atoms with Crippen LogP contribution in [0, 0.1) is 10.1 Å². The Morgan fingerprint density at radius 3 is 2.45 bits per heavy atom. The first kappa shape index (κ1) is 22.8. The number of nitro benzene ring substituents is 1. The van der Waals surface area contributed by atoms with Crippen LogP contribution in [0.15, 0.2) is 35.5 Å². The molecule has 14 heteroatoms. The lowest BCUT2D eigenvalue weighted by Gasteiger charge is -2.48. The van der Waals surface area contributed by atoms with Gasteiger partial charge in [0.2, 0.25) is 5.91 Å². The van der Waals surface area contributed by atoms with Crippen LogP contribution in [0.3, 0.4) is 0 Å². The third-order valence-corrected chi connectivity index (χ3v) is 5.36. The van der Waals surface area contributed by atoms with Crippen LogP contribution in [0.25, 0.3) is 0 Å². The molecule has 3 rings (SSSR count). The summed E-state index contributed by atoms with van der Waals surface area (Å²) in [5.74, 6) is -0.255. The fraction of sp³-hybridized carbons (Fsp3) is 0.333. The molecule has 1 amide bonds. The van der Waals surface area contributed by atoms with Gasteiger partial charge in [0.25, 0.3) is 5.69 Å². The van der Waals surface area contributed by atoms with Gasteiger partial charge in [0.05, 0.1) is 4.92 Å². The van der Waals surface area contributed by atoms with Gasteiger partial charge in [-0.25, -0.2) is 4.79 Å². The molecule has 0 saturated carbocycles. The summed E-state index contributed by atoms with van der Waals surface area (Å²) >= 11 is 1.52. The number of hydrogen-bond acceptors (Lipinski definition) is 9. The molecule has 2 heterocycles. The van der Waals surface area contributed by atoms with Crippen LogP contribution in [0.2, 0.25) is 0 Å². The second kappa shape index (κ2) is 8.87. The summed E-state index contributed by atoms with van der Waals surface area (Å²) in [6, 6.07) is 5.16. The highest BCUT2D eigenvalue weighted by Crippen LogP contribution is 2.39. The monoisotopic (exact) mass is 447 g/mol. The minimum absolute atomic E-state index is 0.0283. The first-order chi connectivity index (χ1) is 13.4. The number of benzene rings is 1. The Balaban J connectivity index is 0.000000537. The van der Waals surface area contributed by atoms with Crippen LogP contribution in [0.1, 0.15) is 12.5 Å². The first-order valence-corrected chi connectivity index (χ1v) is 10.3. The van der Waals surface area contributed by atoms with Crippen molar-refractivity contribution >= 4 is 39.7 Å². The molecular weight excluding hydrogens is 430 g/mol. The van der Waals surface area contributed by atoms with Gasteiger partial charge in [0, 0.05) is 17.9 Å². The van der Waals surface area contributed by atoms with E-state index in [4.69, 9.17) is 28.0 Å². The van der Waals surface area contributed by atoms with E-state index in [0.29, 0.717) is 11.3 Å². The van der Waals surface area contributed by atoms with E-state index < -0.39 is 27.3 Å². The number of non-ortho nitro benzene ring substituents is 1. The van der Waals surface area contributed by atoms with Crippen LogP contribution in [-0.2, 0) is 31.3 Å². The average Bonchev–Trinajstić information content (AvgIpc) is 2.64. The van der Waals surface area contributed by atoms with Crippen LogP contribution >= 0.6 is 11.8 Å². The Bertz CT molecular complexity index is 952. The summed E-state index contributed by atoms with van der Waals surface area (Å²) < 4.78 is 36.8. The Hall–Kier alpha value is -2.52. The molecule has 1 aromatic carbocycles. The fourth-order valence-corrected chi connectivity index (χ4v) is 3.83. The Kier molecular flexibility index (Phi) is 6.97. The van der Waals surface area contributed by atoms with Crippen LogP contribution in [-0.4, -0.2) is 56.4 Å². The number of β-lactam (4-membered cyclic amide) rings is 1. The second-order valence-corrected chi connectivity index (χ2v) is 8.01. The van der Waals surface area contributed by atoms with Gasteiger partial charge in [-0.1, -0.05) is 0 Å². The van der Waals surface area contributed by atoms with Gasteiger partial charge >= 0.3 is 16.4 Å². The minimum atomic E-state index is -4.67. The molecule has 158 valence electrons. The van der Waals surface area contributed by atoms with Crippen LogP contribution in [0.5, 0.6) is 0 Å². The topological polar surface area (TPSA) is 190 Å². The predicted molar refractivity (Wildman–Crippen MR) is 101 cm³/mol. The molecule has 1 fully saturated rings. The van der Waals surface area contributed by atoms with Crippen molar-refractivity contribution in [2.24, 2.45) is 5.73 Å². The van der Waals surface area contributed by atoms with Gasteiger partial charge < -0.3 is 10.5 Å². The standard InChI is InChI=1S/C15H15N3O5S.H2O4S/c1-8-7-24-14-11(16)13(19)17(14)12(8)15(20)23-6-9-2-4-10(5-3-9)18(21)22;1-5(2,3)4/h2-5,11,14H,6-7,16H2,1H3;(H2,1,2,3,4)/t11?,14-;/m0./s1. The van der Waals surface area contributed by atoms with E-state index in [0.717, 1.165) is 5.57 Å². The van der Waals surface area contributed by atoms with Crippen molar-refractivity contribution in [3.05, 3.63) is 51.2 Å². The molecule has 0 spiro atoms. The molecule has 0 aromatic heterocycles. The molecule has 0 radical (unpaired) electrons. The van der Waals surface area contributed by atoms with E-state index in [1.165, 1.54) is 40.9 Å². The number of nitrogens with two attached hydrogens (primary N) is 1. The summed E-state index contributed by atoms with van der Waals surface area (Å²) in [5, 5.41) is 10.4. The molecule has 1 unspecified atom stereocenters. The number of hydrogen-bond donors (Lipinski definition) is 3. The average molecular weight is 447 g/mol. The van der Waals surface area contributed by atoms with Gasteiger partial charge in [-0.2, -0.15) is 8.42 Å². The molecule has 1 saturated heterocycles. The van der Waals surface area contributed by atoms with E-state index in [9.17, 15) is 19.7 Å². The van der Waals surface area contributed by atoms with Gasteiger partial charge in [0.15, 0.2) is 0 Å². The van der Waals surface area contributed by atoms with Crippen molar-refractivity contribution in [2.45, 2.75) is 24.9 Å². The van der Waals surface area contributed by atoms with E-state index in [1.54, 1.807) is 6.92 Å². The van der Waals surface area contributed by atoms with Gasteiger partial charge in [-0.05, 0) is 30.2 Å². The number of carbonyl (C=O) groups is 2. The smallest absolute Gasteiger partial charge is 0.394 e. The maximum atomic E-state index is 12.4. The molecule has 2 atom stereocenters. The lowest BCUT2D eigenvalue weighted by Crippen LogP contribution is -2.68. The first-order valence-electron chi connectivity index (χ1n) is 7.90. The van der Waals surface area contributed by atoms with Crippen molar-refractivity contribution in [3.8, 4) is 0 Å². The molecule has 0 aliphatic carbocycles. The molecule has 4 N–H and O–H groups in total. The summed E-state index contributed by atoms with van der Waals surface area (Å²) in [6.07, 6.45) is 0. The number of carbonyl (C=O) groups excluding carboxylic acids is 2. The lowest BCUT2D eigenvalue weighted by molar-refractivity contribution is -0.384. The number of nitro groups is 1. The Labute approximate surface area is 169 Å². The van der Waals surface area contributed by atoms with Crippen molar-refractivity contribution in [1.29, 1.82) is 0 Å². The molecule has 1 aromatic rings. The molecule has 2 aliphatic rings. The Morgan fingerprint density at radius 2 is 1.93 bits per heavy atom. The third kappa shape index (κ3) is 5.74. The predicted octanol–water partition coefficient (Wildman–Crippen LogP) is 0.502. The number of nitrogens with zero attached hydrogens (tertiary/aromatic N) is 2. The second-order valence-electron chi connectivity index (χ2n) is 6.01. The largest absolute Gasteiger partial charge is 0.456 e. The van der Waals surface area contributed by atoms with Gasteiger partial charge in [-0.15, -0.1) is 11.8 Å². The quantitative estimate of drug-likeness (QED) is 0.191. The van der Waals surface area contributed by atoms with Crippen molar-refractivity contribution < 1.29 is 36.8 Å². The van der Waals surface area contributed by atoms with E-state index in [2.05, 4.69) is 0 Å². The zero-order valence-electron chi connectivity index (χ0n) is 14.9. The zero-order valence-corrected chi connectivity index (χ0v) is 16.6. The van der Waals surface area contributed by atoms with E-state index >= 15 is 0 Å². The highest BCUT2D eigenvalue weighted by Gasteiger charge is 2.51. The number of rotatable bonds is 4. The molecule has 0 bridgehead atoms. The fourth-order valence-electron chi connectivity index (χ4n) is 2.59. The van der Waals surface area contributed by atoms with E-state index in [1.807, 2.05) is 0 Å². The number of esters is 1.